The first-order chi connectivity index (χ1) is 43.3. The molecule has 0 aromatic heterocycles. The molecule has 0 spiro atoms. The number of allylic oxidation sites excluding steroid dienone is 2. The number of benzene rings is 6. The minimum absolute atomic E-state index is 0. The van der Waals surface area contributed by atoms with Crippen LogP contribution in [0.25, 0.3) is 0 Å². The monoisotopic (exact) mass is 1470 g/mol. The Balaban J connectivity index is -0.000000255. The molecule has 0 amide bonds. The number of aromatic hydroxyl groups is 1. The molecule has 505 valence electrons. The number of phenols is 1. The van der Waals surface area contributed by atoms with Crippen molar-refractivity contribution in [2.75, 3.05) is 32.8 Å². The van der Waals surface area contributed by atoms with Crippen LogP contribution in [0.3, 0.4) is 0 Å². The number of aldehydes is 2. The number of aryl methyl sites for hydroxylation is 3. The number of carbonyl (C=O) groups excluding carboxylic acids is 4. The summed E-state index contributed by atoms with van der Waals surface area (Å²) in [6, 6.07) is 49.3. The third kappa shape index (κ3) is 38.7. The van der Waals surface area contributed by atoms with E-state index in [2.05, 4.69) is 160 Å². The predicted octanol–water partition coefficient (Wildman–Crippen LogP) is 15.4. The first-order valence-corrected chi connectivity index (χ1v) is 37.3. The van der Waals surface area contributed by atoms with Gasteiger partial charge in [0, 0.05) is 42.1 Å². The van der Waals surface area contributed by atoms with Crippen molar-refractivity contribution in [2.24, 2.45) is 0 Å². The van der Waals surface area contributed by atoms with Crippen LogP contribution in [-0.2, 0) is 38.3 Å². The Bertz CT molecular complexity index is 2730. The van der Waals surface area contributed by atoms with E-state index in [-0.39, 0.29) is 93.0 Å². The number of halogens is 2. The molecule has 6 aromatic rings. The Hall–Kier alpha value is -5.75. The summed E-state index contributed by atoms with van der Waals surface area (Å²) in [4.78, 5) is 53.4. The number of aromatic carboxylic acids is 1. The molecule has 0 aliphatic heterocycles. The van der Waals surface area contributed by atoms with Crippen LogP contribution in [0.15, 0.2) is 171 Å². The number of ether oxygens (including phenoxy) is 4. The molecular weight excluding hydrogens is 1370 g/mol. The average molecular weight is 1470 g/mol. The summed E-state index contributed by atoms with van der Waals surface area (Å²) in [5, 5.41) is 24.0. The Labute approximate surface area is 603 Å². The zero-order chi connectivity index (χ0) is 66.3. The number of esters is 2. The molecule has 0 fully saturated rings. The van der Waals surface area contributed by atoms with Gasteiger partial charge in [0.05, 0.1) is 47.6 Å². The summed E-state index contributed by atoms with van der Waals surface area (Å²) in [6.45, 7) is 19.6. The zero-order valence-corrected chi connectivity index (χ0v) is 59.6. The summed E-state index contributed by atoms with van der Waals surface area (Å²) < 4.78 is 23.1. The van der Waals surface area contributed by atoms with Crippen molar-refractivity contribution in [3.8, 4) is 17.2 Å². The molecule has 0 saturated heterocycles. The van der Waals surface area contributed by atoms with Crippen LogP contribution in [0.4, 0.5) is 0 Å². The van der Waals surface area contributed by atoms with Gasteiger partial charge in [0.1, 0.15) is 62.4 Å². The van der Waals surface area contributed by atoms with Crippen LogP contribution in [0, 0.1) is 6.92 Å². The fourth-order valence-corrected chi connectivity index (χ4v) is 20.5. The van der Waals surface area contributed by atoms with E-state index in [0.29, 0.717) is 60.7 Å². The number of carboxylic acids is 1. The third-order valence-electron chi connectivity index (χ3n) is 12.8. The van der Waals surface area contributed by atoms with Crippen LogP contribution in [0.1, 0.15) is 188 Å². The van der Waals surface area contributed by atoms with Gasteiger partial charge in [0.25, 0.3) is 0 Å². The van der Waals surface area contributed by atoms with Crippen LogP contribution in [0.2, 0.25) is 0 Å². The van der Waals surface area contributed by atoms with Crippen LogP contribution >= 0.6 is 41.0 Å². The van der Waals surface area contributed by atoms with Crippen LogP contribution < -0.4 is 44.2 Å². The van der Waals surface area contributed by atoms with E-state index in [1.807, 2.05) is 36.4 Å². The van der Waals surface area contributed by atoms with Gasteiger partial charge in [-0.05, 0) is 180 Å². The van der Waals surface area contributed by atoms with Gasteiger partial charge in [-0.25, -0.2) is 14.4 Å². The van der Waals surface area contributed by atoms with E-state index in [4.69, 9.17) is 24.1 Å². The largest absolute Gasteiger partial charge is 1.00 e. The molecule has 6 aromatic carbocycles. The minimum atomic E-state index is -1.50. The molecule has 0 aliphatic rings. The Morgan fingerprint density at radius 1 is 0.553 bits per heavy atom. The smallest absolute Gasteiger partial charge is 0.507 e. The average Bonchev–Trinajstić information content (AvgIpc) is 0.766. The maximum Gasteiger partial charge on any atom is 1.00 e. The van der Waals surface area contributed by atoms with E-state index < -0.39 is 10.9 Å². The molecule has 7 radical (unpaired) electrons. The van der Waals surface area contributed by atoms with E-state index in [9.17, 15) is 29.1 Å². The van der Waals surface area contributed by atoms with Crippen LogP contribution in [0.5, 0.6) is 17.2 Å². The zero-order valence-electron chi connectivity index (χ0n) is 55.0. The second-order valence-electron chi connectivity index (χ2n) is 19.1. The first-order valence-electron chi connectivity index (χ1n) is 30.3. The molecule has 0 heterocycles. The van der Waals surface area contributed by atoms with Crippen molar-refractivity contribution in [1.29, 1.82) is 0 Å². The molecule has 0 atom stereocenters. The number of rotatable bonds is 31. The summed E-state index contributed by atoms with van der Waals surface area (Å²) in [5.41, 5.74) is 3.67. The summed E-state index contributed by atoms with van der Waals surface area (Å²) in [6.07, 6.45) is 21.2. The molecule has 2 N–H and O–H groups in total. The Kier molecular flexibility index (Phi) is 69.6. The van der Waals surface area contributed by atoms with Crippen molar-refractivity contribution in [1.82, 2.24) is 0 Å². The van der Waals surface area contributed by atoms with Crippen LogP contribution in [-0.4, -0.2) is 101 Å². The molecule has 0 aliphatic carbocycles. The third-order valence-corrected chi connectivity index (χ3v) is 26.1. The fraction of sp³-hybridized carbons (Fsp3) is 0.382. The predicted molar refractivity (Wildman–Crippen MR) is 414 cm³/mol. The van der Waals surface area contributed by atoms with Crippen molar-refractivity contribution in [3.05, 3.63) is 211 Å². The second-order valence-corrected chi connectivity index (χ2v) is 30.1. The number of hydrogen-bond acceptors (Lipinski definition) is 10. The quantitative estimate of drug-likeness (QED) is 0.00490. The number of carbonyl (C=O) groups is 5. The van der Waals surface area contributed by atoms with E-state index in [1.54, 1.807) is 45.2 Å². The van der Waals surface area contributed by atoms with Gasteiger partial charge in [-0.1, -0.05) is 155 Å². The summed E-state index contributed by atoms with van der Waals surface area (Å²) in [7, 11) is 11.1. The maximum atomic E-state index is 12.0. The topological polar surface area (TPSA) is 163 Å². The van der Waals surface area contributed by atoms with Crippen molar-refractivity contribution >= 4 is 115 Å². The summed E-state index contributed by atoms with van der Waals surface area (Å²) >= 11 is 3.19. The Morgan fingerprint density at radius 3 is 1.17 bits per heavy atom. The molecule has 6 rings (SSSR count). The molecular formula is C76H107B3BrILiO11P+. The molecule has 94 heavy (non-hydrogen) atoms. The number of carboxylic acid groups (broad SMARTS) is 1. The van der Waals surface area contributed by atoms with Gasteiger partial charge < -0.3 is 45.7 Å². The number of hydrogen-bond donors (Lipinski definition) is 2. The molecule has 18 heteroatoms. The van der Waals surface area contributed by atoms with Crippen molar-refractivity contribution in [2.45, 2.75) is 159 Å². The number of alkyl halides is 1. The van der Waals surface area contributed by atoms with Gasteiger partial charge in [0.2, 0.25) is 0 Å². The molecule has 0 saturated carbocycles. The molecule has 0 bridgehead atoms. The van der Waals surface area contributed by atoms with Crippen molar-refractivity contribution in [3.63, 3.8) is 0 Å². The first kappa shape index (κ1) is 99.3. The normalized spacial score (nSPS) is 9.57. The van der Waals surface area contributed by atoms with Gasteiger partial charge in [-0.2, -0.15) is 6.42 Å². The van der Waals surface area contributed by atoms with Gasteiger partial charge >= 0.3 is 36.8 Å². The number of methoxy groups -OCH3 is 2. The van der Waals surface area contributed by atoms with E-state index in [1.165, 1.54) is 35.5 Å². The fourth-order valence-electron chi connectivity index (χ4n) is 8.56. The van der Waals surface area contributed by atoms with E-state index in [0.717, 1.165) is 112 Å². The van der Waals surface area contributed by atoms with Gasteiger partial charge in [-0.3, -0.25) is 0 Å². The molecule has 11 nitrogen and oxygen atoms in total. The SMILES string of the molecule is C.C.C.C=CCCCCc1cccc(O)c1C(=O)O.C=CCCCCc1cccc(OC)c1C(=O)OCC.CC=I[P+](c1ccccc1)(c1ccccc1)c1ccccc1.CCOC(=O)c1c(CCCCC=O)cccc1OC.O=CCCCCBr.[B].[B][B].[CH2-]CCC.[Li+]. The van der Waals surface area contributed by atoms with Crippen molar-refractivity contribution < 1.29 is 72.0 Å². The standard InChI is InChI=1S/C20H19IP.C16H22O3.C15H20O4.C13H16O3.C5H9BrO.C4H9.3CH4.B2.B.Li/c1-2-21-22(18-12-6-3-7-13-18,19-14-8-4-9-15-19)20-16-10-5-11-17-20;1-4-6-7-8-10-13-11-9-12-14(18-3)15(13)16(17)19-5-2;1-3-19-15(17)14-12(8-5-4-6-11-16)9-7-10-13(14)18-2;1-2-3-4-5-7-10-8-6-9-11(14)12(10)13(15)16;6-4-2-1-3-5-7;1-3-4-2;;;;1-2;;/h2-17H,1H3;4,9,11-12H,1,5-8,10H2,2-3H3;7,9-11H,3-6,8H2,1-2H3;2,6,8-9,14H,1,3-5,7H2,(H,15,16);5H,1-4H2;1,3-4H2,2H3;3*1H4;;;/q+1;;;;;-1;;;;;;+1. The summed E-state index contributed by atoms with van der Waals surface area (Å²) in [5.74, 6) is -0.777. The van der Waals surface area contributed by atoms with E-state index >= 15 is 0 Å². The maximum absolute atomic E-state index is 12.0. The minimum Gasteiger partial charge on any atom is -0.507 e. The second kappa shape index (κ2) is 65.9. The molecule has 0 unspecified atom stereocenters. The van der Waals surface area contributed by atoms with Gasteiger partial charge in [0.15, 0.2) is 4.90 Å². The number of unbranched alkanes of at least 4 members (excludes halogenated alkanes) is 9. The Morgan fingerprint density at radius 2 is 0.883 bits per heavy atom. The van der Waals surface area contributed by atoms with Gasteiger partial charge in [-0.15, -0.1) is 13.2 Å².